The minimum atomic E-state index is -1.11. The fraction of sp³-hybridized carbons (Fsp3) is 0.429. The van der Waals surface area contributed by atoms with Gasteiger partial charge in [0.2, 0.25) is 0 Å². The van der Waals surface area contributed by atoms with Crippen molar-refractivity contribution in [3.63, 3.8) is 0 Å². The van der Waals surface area contributed by atoms with Gasteiger partial charge in [0.15, 0.2) is 11.7 Å². The number of aliphatic hydroxyl groups is 1. The van der Waals surface area contributed by atoms with Gasteiger partial charge in [-0.2, -0.15) is 0 Å². The second kappa shape index (κ2) is 3.36. The van der Waals surface area contributed by atoms with Crippen molar-refractivity contribution in [2.24, 2.45) is 0 Å². The lowest BCUT2D eigenvalue weighted by atomic mass is 10.2. The molecule has 1 unspecified atom stereocenters. The highest BCUT2D eigenvalue weighted by molar-refractivity contribution is 5.67. The molecular formula is C7H9NO4. The summed E-state index contributed by atoms with van der Waals surface area (Å²) in [6, 6.07) is 0. The fourth-order valence-electron chi connectivity index (χ4n) is 0.798. The van der Waals surface area contributed by atoms with E-state index in [-0.39, 0.29) is 12.2 Å². The standard InChI is InChI=1S/C7H9NO4/c1-4-8-3-6(12-4)5(9)2-7(10)11/h3,5,9H,2H2,1H3,(H,10,11). The Balaban J connectivity index is 2.64. The monoisotopic (exact) mass is 171 g/mol. The van der Waals surface area contributed by atoms with Gasteiger partial charge in [-0.15, -0.1) is 0 Å². The molecule has 0 radical (unpaired) electrons. The van der Waals surface area contributed by atoms with Crippen molar-refractivity contribution in [3.05, 3.63) is 17.8 Å². The van der Waals surface area contributed by atoms with E-state index in [0.29, 0.717) is 5.89 Å². The number of rotatable bonds is 3. The molecule has 1 rings (SSSR count). The number of aromatic nitrogens is 1. The number of aliphatic carboxylic acids is 1. The Kier molecular flexibility index (Phi) is 2.44. The third kappa shape index (κ3) is 2.06. The molecule has 1 aromatic heterocycles. The Labute approximate surface area is 68.7 Å². The van der Waals surface area contributed by atoms with Crippen LogP contribution in [0, 0.1) is 6.92 Å². The van der Waals surface area contributed by atoms with Gasteiger partial charge in [-0.1, -0.05) is 0 Å². The highest BCUT2D eigenvalue weighted by Crippen LogP contribution is 2.16. The van der Waals surface area contributed by atoms with E-state index in [4.69, 9.17) is 9.52 Å². The van der Waals surface area contributed by atoms with Crippen LogP contribution >= 0.6 is 0 Å². The number of nitrogens with zero attached hydrogens (tertiary/aromatic N) is 1. The minimum absolute atomic E-state index is 0.190. The number of carboxylic acid groups (broad SMARTS) is 1. The second-order valence-corrected chi connectivity index (χ2v) is 2.40. The smallest absolute Gasteiger partial charge is 0.306 e. The van der Waals surface area contributed by atoms with Crippen molar-refractivity contribution in [3.8, 4) is 0 Å². The van der Waals surface area contributed by atoms with E-state index < -0.39 is 12.1 Å². The molecule has 0 fully saturated rings. The van der Waals surface area contributed by atoms with E-state index in [9.17, 15) is 9.90 Å². The molecule has 1 aromatic rings. The number of oxazole rings is 1. The summed E-state index contributed by atoms with van der Waals surface area (Å²) < 4.78 is 4.92. The number of hydrogen-bond donors (Lipinski definition) is 2. The normalized spacial score (nSPS) is 12.8. The second-order valence-electron chi connectivity index (χ2n) is 2.40. The van der Waals surface area contributed by atoms with Crippen LogP contribution < -0.4 is 0 Å². The van der Waals surface area contributed by atoms with Crippen molar-refractivity contribution in [2.75, 3.05) is 0 Å². The molecule has 0 saturated carbocycles. The minimum Gasteiger partial charge on any atom is -0.481 e. The highest BCUT2D eigenvalue weighted by atomic mass is 16.4. The van der Waals surface area contributed by atoms with Crippen LogP contribution in [0.2, 0.25) is 0 Å². The van der Waals surface area contributed by atoms with Crippen LogP contribution in [-0.4, -0.2) is 21.2 Å². The molecule has 1 heterocycles. The summed E-state index contributed by atoms with van der Waals surface area (Å²) in [5.41, 5.74) is 0. The number of hydrogen-bond acceptors (Lipinski definition) is 4. The average molecular weight is 171 g/mol. The van der Waals surface area contributed by atoms with Gasteiger partial charge in [0.25, 0.3) is 0 Å². The molecule has 5 nitrogen and oxygen atoms in total. The molecular weight excluding hydrogens is 162 g/mol. The molecule has 12 heavy (non-hydrogen) atoms. The van der Waals surface area contributed by atoms with Crippen molar-refractivity contribution in [2.45, 2.75) is 19.4 Å². The van der Waals surface area contributed by atoms with Crippen molar-refractivity contribution in [1.82, 2.24) is 4.98 Å². The van der Waals surface area contributed by atoms with Crippen LogP contribution in [0.4, 0.5) is 0 Å². The summed E-state index contributed by atoms with van der Waals surface area (Å²) >= 11 is 0. The zero-order valence-electron chi connectivity index (χ0n) is 6.52. The van der Waals surface area contributed by atoms with Gasteiger partial charge in [-0.05, 0) is 0 Å². The molecule has 0 aliphatic heterocycles. The summed E-state index contributed by atoms with van der Waals surface area (Å²) in [5, 5.41) is 17.5. The zero-order chi connectivity index (χ0) is 9.14. The number of aryl methyl sites for hydroxylation is 1. The van der Waals surface area contributed by atoms with E-state index in [1.807, 2.05) is 0 Å². The van der Waals surface area contributed by atoms with Crippen LogP contribution in [0.15, 0.2) is 10.6 Å². The summed E-state index contributed by atoms with van der Waals surface area (Å²) in [6.45, 7) is 1.62. The molecule has 66 valence electrons. The first-order chi connectivity index (χ1) is 5.59. The Hall–Kier alpha value is -1.36. The van der Waals surface area contributed by atoms with Crippen LogP contribution in [0.5, 0.6) is 0 Å². The fourth-order valence-corrected chi connectivity index (χ4v) is 0.798. The Morgan fingerprint density at radius 2 is 2.50 bits per heavy atom. The first-order valence-corrected chi connectivity index (χ1v) is 3.42. The maximum Gasteiger partial charge on any atom is 0.306 e. The maximum absolute atomic E-state index is 10.2. The summed E-state index contributed by atoms with van der Waals surface area (Å²) in [4.78, 5) is 13.9. The third-order valence-electron chi connectivity index (χ3n) is 1.34. The Morgan fingerprint density at radius 3 is 2.92 bits per heavy atom. The average Bonchev–Trinajstić information content (AvgIpc) is 2.34. The lowest BCUT2D eigenvalue weighted by Crippen LogP contribution is -2.04. The molecule has 0 aliphatic carbocycles. The molecule has 0 bridgehead atoms. The quantitative estimate of drug-likeness (QED) is 0.691. The van der Waals surface area contributed by atoms with Crippen LogP contribution in [0.3, 0.4) is 0 Å². The molecule has 0 saturated heterocycles. The first-order valence-electron chi connectivity index (χ1n) is 3.42. The van der Waals surface area contributed by atoms with Gasteiger partial charge in [0.1, 0.15) is 6.10 Å². The number of carboxylic acids is 1. The number of aliphatic hydroxyl groups excluding tert-OH is 1. The van der Waals surface area contributed by atoms with E-state index in [0.717, 1.165) is 0 Å². The van der Waals surface area contributed by atoms with Crippen molar-refractivity contribution >= 4 is 5.97 Å². The summed E-state index contributed by atoms with van der Waals surface area (Å²) in [5.74, 6) is -0.471. The topological polar surface area (TPSA) is 83.6 Å². The van der Waals surface area contributed by atoms with Gasteiger partial charge in [-0.3, -0.25) is 4.79 Å². The van der Waals surface area contributed by atoms with Crippen molar-refractivity contribution < 1.29 is 19.4 Å². The third-order valence-corrected chi connectivity index (χ3v) is 1.34. The largest absolute Gasteiger partial charge is 0.481 e. The summed E-state index contributed by atoms with van der Waals surface area (Å²) in [6.07, 6.45) is -0.152. The predicted octanol–water partition coefficient (Wildman–Crippen LogP) is 0.491. The van der Waals surface area contributed by atoms with Gasteiger partial charge in [0, 0.05) is 6.92 Å². The molecule has 0 spiro atoms. The molecule has 0 amide bonds. The van der Waals surface area contributed by atoms with E-state index in [1.54, 1.807) is 6.92 Å². The Morgan fingerprint density at radius 1 is 1.83 bits per heavy atom. The summed E-state index contributed by atoms with van der Waals surface area (Å²) in [7, 11) is 0. The lowest BCUT2D eigenvalue weighted by Gasteiger charge is -2.01. The van der Waals surface area contributed by atoms with E-state index in [1.165, 1.54) is 6.20 Å². The molecule has 1 atom stereocenters. The van der Waals surface area contributed by atoms with Crippen LogP contribution in [-0.2, 0) is 4.79 Å². The number of carbonyl (C=O) groups is 1. The van der Waals surface area contributed by atoms with Gasteiger partial charge >= 0.3 is 5.97 Å². The molecule has 0 aliphatic rings. The molecule has 2 N–H and O–H groups in total. The van der Waals surface area contributed by atoms with E-state index in [2.05, 4.69) is 4.98 Å². The maximum atomic E-state index is 10.2. The van der Waals surface area contributed by atoms with Crippen molar-refractivity contribution in [1.29, 1.82) is 0 Å². The molecule has 5 heteroatoms. The zero-order valence-corrected chi connectivity index (χ0v) is 6.52. The molecule has 0 aromatic carbocycles. The first kappa shape index (κ1) is 8.73. The van der Waals surface area contributed by atoms with Gasteiger partial charge in [-0.25, -0.2) is 4.98 Å². The van der Waals surface area contributed by atoms with Gasteiger partial charge < -0.3 is 14.6 Å². The SMILES string of the molecule is Cc1ncc(C(O)CC(=O)O)o1. The van der Waals surface area contributed by atoms with E-state index >= 15 is 0 Å². The van der Waals surface area contributed by atoms with Crippen LogP contribution in [0.1, 0.15) is 24.2 Å². The highest BCUT2D eigenvalue weighted by Gasteiger charge is 2.15. The lowest BCUT2D eigenvalue weighted by molar-refractivity contribution is -0.139. The Bertz CT molecular complexity index is 281. The van der Waals surface area contributed by atoms with Crippen LogP contribution in [0.25, 0.3) is 0 Å². The predicted molar refractivity (Wildman–Crippen MR) is 38.5 cm³/mol. The van der Waals surface area contributed by atoms with Gasteiger partial charge in [0.05, 0.1) is 12.6 Å².